The number of methoxy groups -OCH3 is 1. The van der Waals surface area contributed by atoms with Crippen LogP contribution in [0, 0.1) is 0 Å². The lowest BCUT2D eigenvalue weighted by Gasteiger charge is -2.18. The normalized spacial score (nSPS) is 16.0. The molecule has 1 aromatic carbocycles. The first-order valence-electron chi connectivity index (χ1n) is 9.98. The first kappa shape index (κ1) is 20.5. The highest BCUT2D eigenvalue weighted by molar-refractivity contribution is 7.22. The number of benzene rings is 1. The van der Waals surface area contributed by atoms with E-state index >= 15 is 0 Å². The van der Waals surface area contributed by atoms with Crippen LogP contribution in [0.25, 0.3) is 10.2 Å². The van der Waals surface area contributed by atoms with Crippen molar-refractivity contribution in [1.29, 1.82) is 0 Å². The van der Waals surface area contributed by atoms with Crippen LogP contribution < -0.4 is 20.9 Å². The van der Waals surface area contributed by atoms with Crippen LogP contribution >= 0.6 is 11.3 Å². The molecule has 1 aliphatic rings. The minimum atomic E-state index is -0.0813. The lowest BCUT2D eigenvalue weighted by Crippen LogP contribution is -2.36. The molecule has 1 amide bonds. The van der Waals surface area contributed by atoms with Gasteiger partial charge in [-0.25, -0.2) is 9.97 Å². The summed E-state index contributed by atoms with van der Waals surface area (Å²) in [5.74, 6) is 0.519. The van der Waals surface area contributed by atoms with Crippen LogP contribution in [0.15, 0.2) is 36.5 Å². The molecule has 1 atom stereocenters. The number of amides is 1. The van der Waals surface area contributed by atoms with E-state index in [1.165, 1.54) is 0 Å². The Balaban J connectivity index is 1.46. The highest BCUT2D eigenvalue weighted by Crippen LogP contribution is 2.31. The lowest BCUT2D eigenvalue weighted by molar-refractivity contribution is 0.0940. The molecule has 0 unspecified atom stereocenters. The van der Waals surface area contributed by atoms with Crippen LogP contribution in [0.3, 0.4) is 0 Å². The second-order valence-corrected chi connectivity index (χ2v) is 8.33. The Labute approximate surface area is 179 Å². The average molecular weight is 427 g/mol. The molecule has 4 rings (SSSR count). The minimum absolute atomic E-state index is 0.0813. The molecule has 0 aliphatic carbocycles. The van der Waals surface area contributed by atoms with Crippen LogP contribution in [0.5, 0.6) is 0 Å². The zero-order valence-electron chi connectivity index (χ0n) is 17.1. The van der Waals surface area contributed by atoms with Gasteiger partial charge in [0, 0.05) is 50.7 Å². The maximum Gasteiger partial charge on any atom is 0.251 e. The first-order valence-corrected chi connectivity index (χ1v) is 10.8. The lowest BCUT2D eigenvalue weighted by atomic mass is 10.2. The summed E-state index contributed by atoms with van der Waals surface area (Å²) < 4.78 is 6.24. The van der Waals surface area contributed by atoms with Gasteiger partial charge in [-0.05, 0) is 43.3 Å². The summed E-state index contributed by atoms with van der Waals surface area (Å²) in [7, 11) is 3.75. The van der Waals surface area contributed by atoms with Crippen molar-refractivity contribution in [2.24, 2.45) is 0 Å². The number of pyridine rings is 1. The van der Waals surface area contributed by atoms with Crippen molar-refractivity contribution in [1.82, 2.24) is 20.6 Å². The molecule has 8 nitrogen and oxygen atoms in total. The number of aromatic nitrogens is 2. The molecule has 2 aromatic heterocycles. The fourth-order valence-corrected chi connectivity index (χ4v) is 4.26. The fourth-order valence-electron chi connectivity index (χ4n) is 3.36. The number of carbonyl (C=O) groups is 1. The van der Waals surface area contributed by atoms with Crippen LogP contribution in [-0.2, 0) is 4.74 Å². The van der Waals surface area contributed by atoms with Gasteiger partial charge in [0.15, 0.2) is 5.13 Å². The van der Waals surface area contributed by atoms with Crippen LogP contribution in [-0.4, -0.2) is 62.3 Å². The smallest absolute Gasteiger partial charge is 0.251 e. The topological polar surface area (TPSA) is 91.4 Å². The van der Waals surface area contributed by atoms with Gasteiger partial charge in [0.25, 0.3) is 5.91 Å². The third-order valence-electron chi connectivity index (χ3n) is 5.10. The number of anilines is 3. The van der Waals surface area contributed by atoms with Gasteiger partial charge in [0.1, 0.15) is 5.82 Å². The van der Waals surface area contributed by atoms with Crippen molar-refractivity contribution in [2.75, 3.05) is 50.6 Å². The molecule has 9 heteroatoms. The Morgan fingerprint density at radius 2 is 2.27 bits per heavy atom. The number of hydrogen-bond donors (Lipinski definition) is 3. The third kappa shape index (κ3) is 4.86. The molecule has 0 bridgehead atoms. The van der Waals surface area contributed by atoms with E-state index in [-0.39, 0.29) is 11.9 Å². The van der Waals surface area contributed by atoms with Gasteiger partial charge in [-0.1, -0.05) is 11.3 Å². The van der Waals surface area contributed by atoms with Crippen molar-refractivity contribution in [3.8, 4) is 0 Å². The van der Waals surface area contributed by atoms with Gasteiger partial charge < -0.3 is 25.6 Å². The molecule has 3 heterocycles. The number of nitrogens with one attached hydrogen (secondary N) is 3. The number of ether oxygens (including phenoxy) is 1. The van der Waals surface area contributed by atoms with E-state index in [2.05, 4.69) is 43.0 Å². The van der Waals surface area contributed by atoms with Crippen LogP contribution in [0.2, 0.25) is 0 Å². The highest BCUT2D eigenvalue weighted by atomic mass is 32.1. The summed E-state index contributed by atoms with van der Waals surface area (Å²) in [5.41, 5.74) is 2.63. The molecule has 30 heavy (non-hydrogen) atoms. The zero-order valence-corrected chi connectivity index (χ0v) is 18.0. The Morgan fingerprint density at radius 3 is 3.07 bits per heavy atom. The second-order valence-electron chi connectivity index (χ2n) is 7.30. The number of thiazole rings is 1. The van der Waals surface area contributed by atoms with Crippen LogP contribution in [0.4, 0.5) is 16.6 Å². The van der Waals surface area contributed by atoms with Crippen molar-refractivity contribution in [3.63, 3.8) is 0 Å². The molecule has 1 fully saturated rings. The monoisotopic (exact) mass is 426 g/mol. The number of hydrogen-bond acceptors (Lipinski definition) is 8. The number of nitrogens with zero attached hydrogens (tertiary/aromatic N) is 3. The van der Waals surface area contributed by atoms with Gasteiger partial charge in [-0.15, -0.1) is 0 Å². The number of carbonyl (C=O) groups excluding carboxylic acids is 1. The maximum atomic E-state index is 12.5. The summed E-state index contributed by atoms with van der Waals surface area (Å²) in [4.78, 5) is 23.6. The molecular formula is C21H26N6O2S. The fraction of sp³-hybridized carbons (Fsp3) is 0.381. The van der Waals surface area contributed by atoms with Crippen LogP contribution in [0.1, 0.15) is 16.8 Å². The van der Waals surface area contributed by atoms with E-state index in [9.17, 15) is 4.79 Å². The van der Waals surface area contributed by atoms with Crippen molar-refractivity contribution in [2.45, 2.75) is 12.5 Å². The van der Waals surface area contributed by atoms with Gasteiger partial charge in [0.2, 0.25) is 0 Å². The molecule has 0 saturated carbocycles. The summed E-state index contributed by atoms with van der Waals surface area (Å²) in [6, 6.07) is 9.87. The molecular weight excluding hydrogens is 400 g/mol. The van der Waals surface area contributed by atoms with Crippen molar-refractivity contribution in [3.05, 3.63) is 42.1 Å². The molecule has 0 radical (unpaired) electrons. The Bertz CT molecular complexity index is 1020. The third-order valence-corrected chi connectivity index (χ3v) is 6.03. The average Bonchev–Trinajstić information content (AvgIpc) is 3.40. The molecule has 1 saturated heterocycles. The predicted octanol–water partition coefficient (Wildman–Crippen LogP) is 2.61. The highest BCUT2D eigenvalue weighted by Gasteiger charge is 2.18. The van der Waals surface area contributed by atoms with Crippen molar-refractivity contribution >= 4 is 44.1 Å². The largest absolute Gasteiger partial charge is 0.383 e. The molecule has 3 aromatic rings. The summed E-state index contributed by atoms with van der Waals surface area (Å²) in [5, 5.41) is 10.3. The van der Waals surface area contributed by atoms with E-state index in [1.54, 1.807) is 36.8 Å². The summed E-state index contributed by atoms with van der Waals surface area (Å²) in [6.45, 7) is 3.25. The second kappa shape index (κ2) is 9.38. The molecule has 158 valence electrons. The predicted molar refractivity (Wildman–Crippen MR) is 121 cm³/mol. The number of rotatable bonds is 8. The SMILES string of the molecule is COCCN(C)c1ccc2nc(Nc3cc(C(=O)N[C@@H]4CCNC4)ccn3)sc2c1. The minimum Gasteiger partial charge on any atom is -0.383 e. The van der Waals surface area contributed by atoms with Gasteiger partial charge in [0.05, 0.1) is 16.8 Å². The first-order chi connectivity index (χ1) is 14.6. The number of fused-ring (bicyclic) bond motifs is 1. The maximum absolute atomic E-state index is 12.5. The molecule has 3 N–H and O–H groups in total. The Hall–Kier alpha value is -2.75. The molecule has 1 aliphatic heterocycles. The van der Waals surface area contributed by atoms with E-state index in [0.29, 0.717) is 18.0 Å². The number of likely N-dealkylation sites (N-methyl/N-ethyl adjacent to an activating group) is 1. The van der Waals surface area contributed by atoms with E-state index in [4.69, 9.17) is 4.74 Å². The summed E-state index contributed by atoms with van der Waals surface area (Å²) >= 11 is 1.56. The standard InChI is InChI=1S/C21H26N6O2S/c1-27(9-10-29-2)16-3-4-17-18(12-16)30-21(25-17)26-19-11-14(5-8-23-19)20(28)24-15-6-7-22-13-15/h3-5,8,11-12,15,22H,6-7,9-10,13H2,1-2H3,(H,24,28)(H,23,25,26)/t15-/m1/s1. The van der Waals surface area contributed by atoms with E-state index < -0.39 is 0 Å². The quantitative estimate of drug-likeness (QED) is 0.510. The van der Waals surface area contributed by atoms with E-state index in [1.807, 2.05) is 13.1 Å². The molecule has 0 spiro atoms. The Kier molecular flexibility index (Phi) is 6.41. The van der Waals surface area contributed by atoms with Gasteiger partial charge in [-0.3, -0.25) is 4.79 Å². The zero-order chi connectivity index (χ0) is 20.9. The van der Waals surface area contributed by atoms with Gasteiger partial charge in [-0.2, -0.15) is 0 Å². The summed E-state index contributed by atoms with van der Waals surface area (Å²) in [6.07, 6.45) is 2.59. The van der Waals surface area contributed by atoms with Gasteiger partial charge >= 0.3 is 0 Å². The Morgan fingerprint density at radius 1 is 1.37 bits per heavy atom. The van der Waals surface area contributed by atoms with E-state index in [0.717, 1.165) is 47.1 Å². The van der Waals surface area contributed by atoms with Crippen molar-refractivity contribution < 1.29 is 9.53 Å².